The molecule has 1 N–H and O–H groups in total. The summed E-state index contributed by atoms with van der Waals surface area (Å²) in [5.74, 6) is -1.13. The van der Waals surface area contributed by atoms with Crippen LogP contribution in [0.4, 0.5) is 0 Å². The van der Waals surface area contributed by atoms with Crippen LogP contribution in [0.2, 0.25) is 0 Å². The van der Waals surface area contributed by atoms with Crippen LogP contribution in [0.15, 0.2) is 24.3 Å². The number of carboxylic acids is 1. The van der Waals surface area contributed by atoms with E-state index in [4.69, 9.17) is 9.84 Å². The van der Waals surface area contributed by atoms with Gasteiger partial charge in [-0.25, -0.2) is 9.59 Å². The predicted molar refractivity (Wildman–Crippen MR) is 88.6 cm³/mol. The summed E-state index contributed by atoms with van der Waals surface area (Å²) in [6.07, 6.45) is 6.41. The minimum Gasteiger partial charge on any atom is -0.478 e. The maximum absolute atomic E-state index is 11.1. The van der Waals surface area contributed by atoms with Gasteiger partial charge in [0.25, 0.3) is 0 Å². The normalized spacial score (nSPS) is 15.3. The number of carboxylic acid groups (broad SMARTS) is 1. The molecule has 0 aliphatic heterocycles. The standard InChI is InChI=1S/C10H16O2.C8H14O2/c1-8(2)10(11)12-9-6-4-3-5-7-9;1-6(7(9)10)5-8(2,3)4/h9H,1,3-7H2,2H3;1,5H2,2-4H3,(H,9,10). The quantitative estimate of drug-likeness (QED) is 0.613. The van der Waals surface area contributed by atoms with Crippen molar-refractivity contribution in [2.24, 2.45) is 5.41 Å². The first-order valence-corrected chi connectivity index (χ1v) is 7.80. The molecule has 4 nitrogen and oxygen atoms in total. The summed E-state index contributed by atoms with van der Waals surface area (Å²) in [7, 11) is 0. The lowest BCUT2D eigenvalue weighted by Gasteiger charge is -2.21. The van der Waals surface area contributed by atoms with E-state index < -0.39 is 5.97 Å². The van der Waals surface area contributed by atoms with Gasteiger partial charge in [0.15, 0.2) is 0 Å². The van der Waals surface area contributed by atoms with Gasteiger partial charge in [-0.05, 0) is 44.4 Å². The molecule has 0 unspecified atom stereocenters. The monoisotopic (exact) mass is 310 g/mol. The number of carbonyl (C=O) groups excluding carboxylic acids is 1. The first kappa shape index (κ1) is 20.4. The van der Waals surface area contributed by atoms with Crippen LogP contribution in [0.25, 0.3) is 0 Å². The fourth-order valence-electron chi connectivity index (χ4n) is 2.15. The number of rotatable bonds is 4. The molecule has 1 aliphatic rings. The lowest BCUT2D eigenvalue weighted by molar-refractivity contribution is -0.145. The van der Waals surface area contributed by atoms with Gasteiger partial charge in [-0.3, -0.25) is 0 Å². The Kier molecular flexibility index (Phi) is 8.76. The summed E-state index contributed by atoms with van der Waals surface area (Å²) in [4.78, 5) is 21.4. The summed E-state index contributed by atoms with van der Waals surface area (Å²) < 4.78 is 5.21. The molecule has 0 spiro atoms. The smallest absolute Gasteiger partial charge is 0.333 e. The van der Waals surface area contributed by atoms with Crippen LogP contribution >= 0.6 is 0 Å². The SMILES string of the molecule is C=C(C)C(=O)OC1CCCCC1.C=C(CC(C)(C)C)C(=O)O. The molecule has 1 fully saturated rings. The number of hydrogen-bond donors (Lipinski definition) is 1. The largest absolute Gasteiger partial charge is 0.478 e. The molecule has 0 saturated heterocycles. The van der Waals surface area contributed by atoms with Crippen molar-refractivity contribution in [1.29, 1.82) is 0 Å². The third-order valence-corrected chi connectivity index (χ3v) is 3.22. The van der Waals surface area contributed by atoms with Crippen molar-refractivity contribution in [1.82, 2.24) is 0 Å². The van der Waals surface area contributed by atoms with Crippen LogP contribution in [-0.2, 0) is 14.3 Å². The Morgan fingerprint density at radius 3 is 1.95 bits per heavy atom. The van der Waals surface area contributed by atoms with E-state index >= 15 is 0 Å². The van der Waals surface area contributed by atoms with Gasteiger partial charge in [-0.15, -0.1) is 0 Å². The minimum absolute atomic E-state index is 0.0233. The van der Waals surface area contributed by atoms with Crippen LogP contribution in [0.1, 0.15) is 66.2 Å². The Hall–Kier alpha value is -1.58. The molecule has 0 aromatic rings. The number of esters is 1. The molecule has 0 amide bonds. The maximum Gasteiger partial charge on any atom is 0.333 e. The molecule has 1 rings (SSSR count). The molecule has 1 saturated carbocycles. The highest BCUT2D eigenvalue weighted by Crippen LogP contribution is 2.22. The summed E-state index contributed by atoms with van der Waals surface area (Å²) >= 11 is 0. The van der Waals surface area contributed by atoms with Crippen LogP contribution in [-0.4, -0.2) is 23.1 Å². The van der Waals surface area contributed by atoms with E-state index in [9.17, 15) is 9.59 Å². The van der Waals surface area contributed by atoms with Crippen molar-refractivity contribution in [3.05, 3.63) is 24.3 Å². The van der Waals surface area contributed by atoms with Crippen molar-refractivity contribution < 1.29 is 19.4 Å². The second-order valence-electron chi connectivity index (χ2n) is 7.09. The molecule has 0 atom stereocenters. The number of ether oxygens (including phenoxy) is 1. The summed E-state index contributed by atoms with van der Waals surface area (Å²) in [6, 6.07) is 0. The van der Waals surface area contributed by atoms with Crippen molar-refractivity contribution in [2.45, 2.75) is 72.3 Å². The van der Waals surface area contributed by atoms with E-state index in [1.165, 1.54) is 19.3 Å². The van der Waals surface area contributed by atoms with E-state index in [1.54, 1.807) is 6.92 Å². The fourth-order valence-corrected chi connectivity index (χ4v) is 2.15. The number of carbonyl (C=O) groups is 2. The van der Waals surface area contributed by atoms with E-state index in [0.717, 1.165) is 12.8 Å². The van der Waals surface area contributed by atoms with Gasteiger partial charge in [0.2, 0.25) is 0 Å². The second-order valence-corrected chi connectivity index (χ2v) is 7.09. The average molecular weight is 310 g/mol. The zero-order chi connectivity index (χ0) is 17.3. The third-order valence-electron chi connectivity index (χ3n) is 3.22. The summed E-state index contributed by atoms with van der Waals surface area (Å²) in [5.41, 5.74) is 0.809. The van der Waals surface area contributed by atoms with Crippen molar-refractivity contribution >= 4 is 11.9 Å². The summed E-state index contributed by atoms with van der Waals surface area (Å²) in [6.45, 7) is 14.6. The van der Waals surface area contributed by atoms with Gasteiger partial charge < -0.3 is 9.84 Å². The molecular formula is C18H30O4. The van der Waals surface area contributed by atoms with Crippen molar-refractivity contribution in [2.75, 3.05) is 0 Å². The highest BCUT2D eigenvalue weighted by atomic mass is 16.5. The van der Waals surface area contributed by atoms with Crippen LogP contribution < -0.4 is 0 Å². The predicted octanol–water partition coefficient (Wildman–Crippen LogP) is 4.50. The van der Waals surface area contributed by atoms with E-state index in [2.05, 4.69) is 13.2 Å². The van der Waals surface area contributed by atoms with Gasteiger partial charge in [0.05, 0.1) is 0 Å². The fraction of sp³-hybridized carbons (Fsp3) is 0.667. The Morgan fingerprint density at radius 2 is 1.64 bits per heavy atom. The van der Waals surface area contributed by atoms with E-state index in [-0.39, 0.29) is 23.1 Å². The Morgan fingerprint density at radius 1 is 1.14 bits per heavy atom. The molecule has 126 valence electrons. The lowest BCUT2D eigenvalue weighted by atomic mass is 9.88. The first-order chi connectivity index (χ1) is 10.0. The molecule has 0 bridgehead atoms. The van der Waals surface area contributed by atoms with Gasteiger partial charge in [-0.1, -0.05) is 40.3 Å². The third kappa shape index (κ3) is 10.2. The zero-order valence-corrected chi connectivity index (χ0v) is 14.4. The molecule has 1 aliphatic carbocycles. The van der Waals surface area contributed by atoms with Gasteiger partial charge in [-0.2, -0.15) is 0 Å². The topological polar surface area (TPSA) is 63.6 Å². The first-order valence-electron chi connectivity index (χ1n) is 7.80. The number of aliphatic carboxylic acids is 1. The van der Waals surface area contributed by atoms with E-state index in [1.807, 2.05) is 20.8 Å². The Labute approximate surface area is 134 Å². The zero-order valence-electron chi connectivity index (χ0n) is 14.4. The highest BCUT2D eigenvalue weighted by molar-refractivity contribution is 5.87. The average Bonchev–Trinajstić information content (AvgIpc) is 2.38. The van der Waals surface area contributed by atoms with Gasteiger partial charge in [0.1, 0.15) is 6.10 Å². The molecule has 22 heavy (non-hydrogen) atoms. The van der Waals surface area contributed by atoms with Crippen LogP contribution in [0, 0.1) is 5.41 Å². The molecule has 0 aromatic heterocycles. The molecule has 4 heteroatoms. The maximum atomic E-state index is 11.1. The minimum atomic E-state index is -0.894. The van der Waals surface area contributed by atoms with Crippen LogP contribution in [0.3, 0.4) is 0 Å². The second kappa shape index (κ2) is 9.44. The van der Waals surface area contributed by atoms with Crippen LogP contribution in [0.5, 0.6) is 0 Å². The molecular weight excluding hydrogens is 280 g/mol. The Bertz CT molecular complexity index is 409. The van der Waals surface area contributed by atoms with Gasteiger partial charge >= 0.3 is 11.9 Å². The molecule has 0 heterocycles. The number of hydrogen-bond acceptors (Lipinski definition) is 3. The molecule has 0 aromatic carbocycles. The van der Waals surface area contributed by atoms with Crippen molar-refractivity contribution in [3.63, 3.8) is 0 Å². The van der Waals surface area contributed by atoms with Crippen molar-refractivity contribution in [3.8, 4) is 0 Å². The lowest BCUT2D eigenvalue weighted by Crippen LogP contribution is -2.20. The summed E-state index contributed by atoms with van der Waals surface area (Å²) in [5, 5.41) is 8.45. The molecule has 0 radical (unpaired) electrons. The Balaban J connectivity index is 0.000000409. The highest BCUT2D eigenvalue weighted by Gasteiger charge is 2.17. The van der Waals surface area contributed by atoms with E-state index in [0.29, 0.717) is 12.0 Å². The van der Waals surface area contributed by atoms with Gasteiger partial charge in [0, 0.05) is 11.1 Å².